The molecule has 0 unspecified atom stereocenters. The predicted molar refractivity (Wildman–Crippen MR) is 122 cm³/mol. The van der Waals surface area contributed by atoms with E-state index in [-0.39, 0.29) is 0 Å². The van der Waals surface area contributed by atoms with Gasteiger partial charge in [-0.2, -0.15) is 0 Å². The average Bonchev–Trinajstić information content (AvgIpc) is 2.71. The van der Waals surface area contributed by atoms with Crippen molar-refractivity contribution in [3.8, 4) is 0 Å². The zero-order valence-electron chi connectivity index (χ0n) is 18.0. The Balaban J connectivity index is 0.00000158. The quantitative estimate of drug-likeness (QED) is 0.464. The maximum Gasteiger partial charge on any atom is 0.0872 e. The fraction of sp³-hybridized carbons (Fsp3) is 0.308. The summed E-state index contributed by atoms with van der Waals surface area (Å²) in [5, 5.41) is 0. The zero-order valence-corrected chi connectivity index (χ0v) is 18.0. The highest BCUT2D eigenvalue weighted by Gasteiger charge is 1.98. The Kier molecular flexibility index (Phi) is 13.4. The molecule has 2 aromatic rings. The molecule has 0 saturated carbocycles. The fourth-order valence-electron chi connectivity index (χ4n) is 2.39. The summed E-state index contributed by atoms with van der Waals surface area (Å²) in [6.07, 6.45) is 7.11. The van der Waals surface area contributed by atoms with Crippen molar-refractivity contribution >= 4 is 11.1 Å². The standard InChI is InChI=1S/C22H23F.2C2H6/c1-17-7-11-20(12-8-17)19(3)5-4-6-21(15-16-23)22-13-9-18(2)10-14-22;2*1-2/h5-16H,4H2,1-3H3;2*1-2H3/b16-15+,19-5+,21-6+;;. The van der Waals surface area contributed by atoms with E-state index in [0.29, 0.717) is 6.33 Å². The van der Waals surface area contributed by atoms with Gasteiger partial charge in [0.1, 0.15) is 0 Å². The van der Waals surface area contributed by atoms with Gasteiger partial charge in [-0.3, -0.25) is 0 Å². The van der Waals surface area contributed by atoms with Crippen molar-refractivity contribution in [2.45, 2.75) is 54.9 Å². The first-order chi connectivity index (χ1) is 13.1. The summed E-state index contributed by atoms with van der Waals surface area (Å²) >= 11 is 0. The van der Waals surface area contributed by atoms with E-state index in [1.807, 2.05) is 58.9 Å². The third kappa shape index (κ3) is 9.19. The van der Waals surface area contributed by atoms with Gasteiger partial charge in [-0.05, 0) is 55.5 Å². The van der Waals surface area contributed by atoms with Gasteiger partial charge in [0, 0.05) is 0 Å². The van der Waals surface area contributed by atoms with Crippen LogP contribution in [0.4, 0.5) is 4.39 Å². The lowest BCUT2D eigenvalue weighted by molar-refractivity contribution is 0.722. The second-order valence-electron chi connectivity index (χ2n) is 5.81. The summed E-state index contributed by atoms with van der Waals surface area (Å²) in [6.45, 7) is 14.2. The van der Waals surface area contributed by atoms with Crippen LogP contribution in [0.2, 0.25) is 0 Å². The van der Waals surface area contributed by atoms with Crippen molar-refractivity contribution in [3.05, 3.63) is 95.3 Å². The van der Waals surface area contributed by atoms with Crippen LogP contribution >= 0.6 is 0 Å². The minimum Gasteiger partial charge on any atom is -0.216 e. The van der Waals surface area contributed by atoms with Crippen molar-refractivity contribution in [2.24, 2.45) is 0 Å². The summed E-state index contributed by atoms with van der Waals surface area (Å²) in [7, 11) is 0. The molecule has 146 valence electrons. The van der Waals surface area contributed by atoms with Crippen molar-refractivity contribution in [2.75, 3.05) is 0 Å². The van der Waals surface area contributed by atoms with Crippen LogP contribution < -0.4 is 0 Å². The van der Waals surface area contributed by atoms with Crippen molar-refractivity contribution in [1.82, 2.24) is 0 Å². The van der Waals surface area contributed by atoms with Gasteiger partial charge in [-0.15, -0.1) is 0 Å². The Morgan fingerprint density at radius 3 is 1.63 bits per heavy atom. The van der Waals surface area contributed by atoms with Gasteiger partial charge in [-0.25, -0.2) is 4.39 Å². The third-order valence-corrected chi connectivity index (χ3v) is 3.90. The second-order valence-corrected chi connectivity index (χ2v) is 5.81. The molecule has 1 heteroatoms. The van der Waals surface area contributed by atoms with E-state index in [2.05, 4.69) is 50.3 Å². The first kappa shape index (κ1) is 24.6. The third-order valence-electron chi connectivity index (χ3n) is 3.90. The van der Waals surface area contributed by atoms with E-state index in [9.17, 15) is 4.39 Å². The number of aryl methyl sites for hydroxylation is 2. The SMILES string of the molecule is C/C(=C\C/C=C(\C=C\F)c1ccc(C)cc1)c1ccc(C)cc1.CC.CC. The Morgan fingerprint density at radius 1 is 0.741 bits per heavy atom. The van der Waals surface area contributed by atoms with Gasteiger partial charge < -0.3 is 0 Å². The van der Waals surface area contributed by atoms with E-state index in [1.54, 1.807) is 0 Å². The van der Waals surface area contributed by atoms with E-state index < -0.39 is 0 Å². The number of rotatable bonds is 5. The van der Waals surface area contributed by atoms with Crippen molar-refractivity contribution < 1.29 is 4.39 Å². The maximum atomic E-state index is 12.7. The fourth-order valence-corrected chi connectivity index (χ4v) is 2.39. The Hall–Kier alpha value is -2.41. The minimum atomic E-state index is 0.599. The molecule has 0 N–H and O–H groups in total. The maximum absolute atomic E-state index is 12.7. The van der Waals surface area contributed by atoms with Gasteiger partial charge in [0.2, 0.25) is 0 Å². The van der Waals surface area contributed by atoms with Crippen LogP contribution in [-0.2, 0) is 0 Å². The molecule has 0 radical (unpaired) electrons. The molecule has 0 spiro atoms. The number of halogens is 1. The number of hydrogen-bond donors (Lipinski definition) is 0. The second kappa shape index (κ2) is 14.7. The van der Waals surface area contributed by atoms with E-state index in [0.717, 1.165) is 17.6 Å². The lowest BCUT2D eigenvalue weighted by Gasteiger charge is -2.04. The molecule has 0 heterocycles. The molecule has 0 aromatic heterocycles. The summed E-state index contributed by atoms with van der Waals surface area (Å²) in [4.78, 5) is 0. The summed E-state index contributed by atoms with van der Waals surface area (Å²) < 4.78 is 12.7. The van der Waals surface area contributed by atoms with Crippen LogP contribution in [-0.4, -0.2) is 0 Å². The van der Waals surface area contributed by atoms with Crippen LogP contribution in [0.3, 0.4) is 0 Å². The molecule has 0 aliphatic carbocycles. The molecule has 0 aliphatic heterocycles. The topological polar surface area (TPSA) is 0 Å². The summed E-state index contributed by atoms with van der Waals surface area (Å²) in [6, 6.07) is 16.6. The number of benzene rings is 2. The molecule has 0 fully saturated rings. The van der Waals surface area contributed by atoms with Crippen LogP contribution in [0, 0.1) is 13.8 Å². The summed E-state index contributed by atoms with van der Waals surface area (Å²) in [5.74, 6) is 0. The molecule has 0 nitrogen and oxygen atoms in total. The minimum absolute atomic E-state index is 0.599. The van der Waals surface area contributed by atoms with Gasteiger partial charge in [0.05, 0.1) is 6.33 Å². The zero-order chi connectivity index (χ0) is 20.7. The van der Waals surface area contributed by atoms with Crippen molar-refractivity contribution in [1.29, 1.82) is 0 Å². The number of allylic oxidation sites excluding steroid dienone is 5. The lowest BCUT2D eigenvalue weighted by atomic mass is 10.0. The van der Waals surface area contributed by atoms with E-state index >= 15 is 0 Å². The normalized spacial score (nSPS) is 11.4. The van der Waals surface area contributed by atoms with E-state index in [1.165, 1.54) is 28.3 Å². The van der Waals surface area contributed by atoms with E-state index in [4.69, 9.17) is 0 Å². The Morgan fingerprint density at radius 2 is 1.19 bits per heavy atom. The molecule has 0 amide bonds. The Bertz CT molecular complexity index is 714. The predicted octanol–water partition coefficient (Wildman–Crippen LogP) is 8.72. The monoisotopic (exact) mass is 366 g/mol. The van der Waals surface area contributed by atoms with Gasteiger partial charge in [-0.1, -0.05) is 99.5 Å². The molecule has 0 saturated heterocycles. The largest absolute Gasteiger partial charge is 0.216 e. The van der Waals surface area contributed by atoms with Crippen LogP contribution in [0.25, 0.3) is 11.1 Å². The molecule has 2 rings (SSSR count). The smallest absolute Gasteiger partial charge is 0.0872 e. The first-order valence-corrected chi connectivity index (χ1v) is 9.88. The van der Waals surface area contributed by atoms with Gasteiger partial charge in [0.25, 0.3) is 0 Å². The molecule has 2 aromatic carbocycles. The lowest BCUT2D eigenvalue weighted by Crippen LogP contribution is -1.83. The van der Waals surface area contributed by atoms with Crippen LogP contribution in [0.15, 0.2) is 73.1 Å². The average molecular weight is 367 g/mol. The molecule has 0 aliphatic rings. The number of hydrogen-bond acceptors (Lipinski definition) is 0. The highest BCUT2D eigenvalue weighted by molar-refractivity contribution is 5.74. The molecular formula is C26H35F. The van der Waals surface area contributed by atoms with Crippen LogP contribution in [0.5, 0.6) is 0 Å². The van der Waals surface area contributed by atoms with Gasteiger partial charge in [0.15, 0.2) is 0 Å². The highest BCUT2D eigenvalue weighted by Crippen LogP contribution is 2.20. The Labute approximate surface area is 166 Å². The molecule has 27 heavy (non-hydrogen) atoms. The molecule has 0 atom stereocenters. The molecule has 0 bridgehead atoms. The van der Waals surface area contributed by atoms with Crippen LogP contribution in [0.1, 0.15) is 63.3 Å². The highest BCUT2D eigenvalue weighted by atomic mass is 19.1. The van der Waals surface area contributed by atoms with Crippen molar-refractivity contribution in [3.63, 3.8) is 0 Å². The van der Waals surface area contributed by atoms with Gasteiger partial charge >= 0.3 is 0 Å². The first-order valence-electron chi connectivity index (χ1n) is 9.88. The molecular weight excluding hydrogens is 331 g/mol. The summed E-state index contributed by atoms with van der Waals surface area (Å²) in [5.41, 5.74) is 6.85.